The number of sulfonamides is 1. The van der Waals surface area contributed by atoms with Crippen molar-refractivity contribution >= 4 is 15.7 Å². The molecular formula is C24H23FN4O3S. The van der Waals surface area contributed by atoms with Crippen molar-refractivity contribution in [2.75, 3.05) is 4.72 Å². The molecule has 1 heterocycles. The van der Waals surface area contributed by atoms with Gasteiger partial charge in [0.25, 0.3) is 10.0 Å². The lowest BCUT2D eigenvalue weighted by atomic mass is 10.2. The number of benzene rings is 3. The summed E-state index contributed by atoms with van der Waals surface area (Å²) in [6, 6.07) is 19.5. The number of hydrogen-bond donors (Lipinski definition) is 1. The lowest BCUT2D eigenvalue weighted by molar-refractivity contribution is 0.222. The molecule has 0 spiro atoms. The second-order valence-electron chi connectivity index (χ2n) is 7.77. The highest BCUT2D eigenvalue weighted by molar-refractivity contribution is 7.92. The Hall–Kier alpha value is -3.72. The van der Waals surface area contributed by atoms with Gasteiger partial charge < -0.3 is 4.74 Å². The van der Waals surface area contributed by atoms with Crippen LogP contribution in [0.3, 0.4) is 0 Å². The van der Waals surface area contributed by atoms with Gasteiger partial charge in [0.05, 0.1) is 16.7 Å². The fourth-order valence-electron chi connectivity index (χ4n) is 3.15. The summed E-state index contributed by atoms with van der Waals surface area (Å²) >= 11 is 0. The molecule has 0 aliphatic carbocycles. The van der Waals surface area contributed by atoms with Crippen molar-refractivity contribution in [1.82, 2.24) is 14.8 Å². The predicted octanol–water partition coefficient (Wildman–Crippen LogP) is 4.97. The third-order valence-corrected chi connectivity index (χ3v) is 6.10. The quantitative estimate of drug-likeness (QED) is 0.416. The number of rotatable bonds is 7. The lowest BCUT2D eigenvalue weighted by Gasteiger charge is -2.10. The molecule has 0 aliphatic rings. The van der Waals surface area contributed by atoms with E-state index in [1.165, 1.54) is 16.8 Å². The number of ether oxygens (including phenoxy) is 1. The summed E-state index contributed by atoms with van der Waals surface area (Å²) in [5.74, 6) is 0.00683. The Morgan fingerprint density at radius 1 is 1.00 bits per heavy atom. The number of hydrogen-bond acceptors (Lipinski definition) is 5. The van der Waals surface area contributed by atoms with E-state index in [9.17, 15) is 12.8 Å². The Balaban J connectivity index is 1.65. The number of anilines is 1. The monoisotopic (exact) mass is 466 g/mol. The van der Waals surface area contributed by atoms with Crippen molar-refractivity contribution in [3.8, 4) is 23.1 Å². The highest BCUT2D eigenvalue weighted by Crippen LogP contribution is 2.26. The van der Waals surface area contributed by atoms with E-state index in [1.54, 1.807) is 60.7 Å². The first-order valence-corrected chi connectivity index (χ1v) is 11.8. The smallest absolute Gasteiger partial charge is 0.336 e. The molecular weight excluding hydrogens is 443 g/mol. The standard InChI is InChI=1S/C24H23FN4O3S/c1-16(2)32-24-26-23(18-5-4-6-19(25)15-18)29(27-24)21-11-9-20(10-12-21)28-33(30,31)22-13-7-17(3)8-14-22/h4-16,28H,1-3H3. The number of aryl methyl sites for hydroxylation is 1. The van der Waals surface area contributed by atoms with Crippen molar-refractivity contribution in [2.24, 2.45) is 0 Å². The van der Waals surface area contributed by atoms with Crippen LogP contribution in [0.5, 0.6) is 6.01 Å². The average Bonchev–Trinajstić information content (AvgIpc) is 3.17. The summed E-state index contributed by atoms with van der Waals surface area (Å²) in [7, 11) is -3.72. The maximum Gasteiger partial charge on any atom is 0.336 e. The van der Waals surface area contributed by atoms with Gasteiger partial charge in [0.15, 0.2) is 5.82 Å². The molecule has 33 heavy (non-hydrogen) atoms. The zero-order chi connectivity index (χ0) is 23.6. The Labute approximate surface area is 191 Å². The average molecular weight is 467 g/mol. The van der Waals surface area contributed by atoms with Crippen molar-refractivity contribution in [3.05, 3.63) is 84.2 Å². The first-order valence-electron chi connectivity index (χ1n) is 10.3. The van der Waals surface area contributed by atoms with Crippen LogP contribution in [-0.2, 0) is 10.0 Å². The van der Waals surface area contributed by atoms with Gasteiger partial charge in [0.1, 0.15) is 5.82 Å². The van der Waals surface area contributed by atoms with Gasteiger partial charge in [-0.15, -0.1) is 5.10 Å². The molecule has 4 aromatic rings. The third kappa shape index (κ3) is 5.20. The summed E-state index contributed by atoms with van der Waals surface area (Å²) in [6.07, 6.45) is -0.139. The van der Waals surface area contributed by atoms with Gasteiger partial charge >= 0.3 is 6.01 Å². The van der Waals surface area contributed by atoms with E-state index in [-0.39, 0.29) is 17.0 Å². The zero-order valence-electron chi connectivity index (χ0n) is 18.4. The number of aromatic nitrogens is 3. The Kier molecular flexibility index (Phi) is 6.15. The molecule has 170 valence electrons. The van der Waals surface area contributed by atoms with E-state index >= 15 is 0 Å². The summed E-state index contributed by atoms with van der Waals surface area (Å²) in [5, 5.41) is 4.41. The van der Waals surface area contributed by atoms with Crippen molar-refractivity contribution in [2.45, 2.75) is 31.8 Å². The molecule has 0 radical (unpaired) electrons. The van der Waals surface area contributed by atoms with Crippen molar-refractivity contribution in [1.29, 1.82) is 0 Å². The van der Waals surface area contributed by atoms with Gasteiger partial charge in [-0.3, -0.25) is 4.72 Å². The molecule has 0 amide bonds. The van der Waals surface area contributed by atoms with Crippen LogP contribution in [0.2, 0.25) is 0 Å². The largest absolute Gasteiger partial charge is 0.460 e. The molecule has 0 bridgehead atoms. The SMILES string of the molecule is Cc1ccc(S(=O)(=O)Nc2ccc(-n3nc(OC(C)C)nc3-c3cccc(F)c3)cc2)cc1. The predicted molar refractivity (Wildman–Crippen MR) is 125 cm³/mol. The first-order chi connectivity index (χ1) is 15.7. The molecule has 0 saturated carbocycles. The maximum absolute atomic E-state index is 13.8. The van der Waals surface area contributed by atoms with E-state index in [4.69, 9.17) is 4.74 Å². The highest BCUT2D eigenvalue weighted by Gasteiger charge is 2.17. The van der Waals surface area contributed by atoms with Crippen LogP contribution >= 0.6 is 0 Å². The fraction of sp³-hybridized carbons (Fsp3) is 0.167. The molecule has 4 rings (SSSR count). The summed E-state index contributed by atoms with van der Waals surface area (Å²) in [4.78, 5) is 4.60. The maximum atomic E-state index is 13.8. The van der Waals surface area contributed by atoms with Gasteiger partial charge in [-0.05, 0) is 69.3 Å². The Morgan fingerprint density at radius 2 is 1.70 bits per heavy atom. The van der Waals surface area contributed by atoms with Crippen LogP contribution in [-0.4, -0.2) is 29.3 Å². The Morgan fingerprint density at radius 3 is 2.33 bits per heavy atom. The van der Waals surface area contributed by atoms with Crippen LogP contribution in [0.25, 0.3) is 17.1 Å². The van der Waals surface area contributed by atoms with E-state index in [1.807, 2.05) is 20.8 Å². The first kappa shape index (κ1) is 22.5. The molecule has 0 aliphatic heterocycles. The van der Waals surface area contributed by atoms with Crippen molar-refractivity contribution in [3.63, 3.8) is 0 Å². The second-order valence-corrected chi connectivity index (χ2v) is 9.45. The van der Waals surface area contributed by atoms with E-state index in [2.05, 4.69) is 14.8 Å². The van der Waals surface area contributed by atoms with Crippen LogP contribution in [0, 0.1) is 12.7 Å². The number of halogens is 1. The molecule has 0 atom stereocenters. The van der Waals surface area contributed by atoms with Gasteiger partial charge in [-0.2, -0.15) is 4.98 Å². The minimum atomic E-state index is -3.72. The van der Waals surface area contributed by atoms with Gasteiger partial charge in [0.2, 0.25) is 0 Å². The molecule has 3 aromatic carbocycles. The topological polar surface area (TPSA) is 86.1 Å². The minimum Gasteiger partial charge on any atom is -0.460 e. The van der Waals surface area contributed by atoms with Crippen LogP contribution in [0.1, 0.15) is 19.4 Å². The lowest BCUT2D eigenvalue weighted by Crippen LogP contribution is -2.13. The normalized spacial score (nSPS) is 11.5. The van der Waals surface area contributed by atoms with Crippen molar-refractivity contribution < 1.29 is 17.5 Å². The van der Waals surface area contributed by atoms with Crippen LogP contribution in [0.15, 0.2) is 77.7 Å². The number of nitrogens with one attached hydrogen (secondary N) is 1. The molecule has 9 heteroatoms. The second kappa shape index (κ2) is 9.03. The van der Waals surface area contributed by atoms with Crippen LogP contribution < -0.4 is 9.46 Å². The van der Waals surface area contributed by atoms with Gasteiger partial charge in [0, 0.05) is 11.3 Å². The van der Waals surface area contributed by atoms with E-state index < -0.39 is 15.8 Å². The molecule has 0 saturated heterocycles. The van der Waals surface area contributed by atoms with Gasteiger partial charge in [-0.25, -0.2) is 17.5 Å². The minimum absolute atomic E-state index is 0.139. The highest BCUT2D eigenvalue weighted by atomic mass is 32.2. The molecule has 1 aromatic heterocycles. The Bertz CT molecular complexity index is 1370. The molecule has 1 N–H and O–H groups in total. The van der Waals surface area contributed by atoms with Crippen LogP contribution in [0.4, 0.5) is 10.1 Å². The molecule has 0 unspecified atom stereocenters. The summed E-state index contributed by atoms with van der Waals surface area (Å²) < 4.78 is 48.9. The third-order valence-electron chi connectivity index (χ3n) is 4.71. The number of nitrogens with zero attached hydrogens (tertiary/aromatic N) is 3. The fourth-order valence-corrected chi connectivity index (χ4v) is 4.21. The summed E-state index contributed by atoms with van der Waals surface area (Å²) in [6.45, 7) is 5.61. The summed E-state index contributed by atoms with van der Waals surface area (Å²) in [5.41, 5.74) is 2.51. The van der Waals surface area contributed by atoms with E-state index in [0.717, 1.165) is 5.56 Å². The molecule has 7 nitrogen and oxygen atoms in total. The van der Waals surface area contributed by atoms with E-state index in [0.29, 0.717) is 22.8 Å². The van der Waals surface area contributed by atoms with Gasteiger partial charge in [-0.1, -0.05) is 29.8 Å². The molecule has 0 fully saturated rings. The zero-order valence-corrected chi connectivity index (χ0v) is 19.2.